The van der Waals surface area contributed by atoms with Crippen LogP contribution < -0.4 is 5.73 Å². The van der Waals surface area contributed by atoms with Crippen LogP contribution in [0.25, 0.3) is 0 Å². The molecule has 3 heteroatoms. The van der Waals surface area contributed by atoms with Gasteiger partial charge in [0.05, 0.1) is 0 Å². The van der Waals surface area contributed by atoms with Gasteiger partial charge in [0.15, 0.2) is 5.11 Å². The number of rotatable bonds is 3. The molecule has 2 N–H and O–H groups in total. The Morgan fingerprint density at radius 2 is 2.00 bits per heavy atom. The van der Waals surface area contributed by atoms with Crippen molar-refractivity contribution < 1.29 is 0 Å². The van der Waals surface area contributed by atoms with E-state index in [0.29, 0.717) is 5.11 Å². The normalized spacial score (nSPS) is 9.62. The third-order valence-corrected chi connectivity index (χ3v) is 2.17. The summed E-state index contributed by atoms with van der Waals surface area (Å²) in [4.78, 5) is 1.96. The van der Waals surface area contributed by atoms with Crippen molar-refractivity contribution in [2.75, 3.05) is 6.54 Å². The third-order valence-electron chi connectivity index (χ3n) is 1.91. The molecule has 0 radical (unpaired) electrons. The van der Waals surface area contributed by atoms with Crippen molar-refractivity contribution in [2.45, 2.75) is 13.5 Å². The Morgan fingerprint density at radius 3 is 2.46 bits per heavy atom. The topological polar surface area (TPSA) is 29.3 Å². The molecule has 1 aromatic carbocycles. The zero-order chi connectivity index (χ0) is 9.68. The van der Waals surface area contributed by atoms with Gasteiger partial charge in [-0.05, 0) is 24.7 Å². The van der Waals surface area contributed by atoms with Gasteiger partial charge in [-0.15, -0.1) is 0 Å². The minimum Gasteiger partial charge on any atom is -0.376 e. The maximum absolute atomic E-state index is 5.55. The summed E-state index contributed by atoms with van der Waals surface area (Å²) in [5, 5.41) is 0.464. The van der Waals surface area contributed by atoms with E-state index >= 15 is 0 Å². The van der Waals surface area contributed by atoms with Crippen molar-refractivity contribution in [1.29, 1.82) is 0 Å². The molecule has 2 nitrogen and oxygen atoms in total. The molecule has 0 fully saturated rings. The number of nitrogens with two attached hydrogens (primary N) is 1. The van der Waals surface area contributed by atoms with Crippen LogP contribution in [0.1, 0.15) is 12.5 Å². The smallest absolute Gasteiger partial charge is 0.166 e. The minimum atomic E-state index is 0.464. The molecule has 0 unspecified atom stereocenters. The monoisotopic (exact) mass is 194 g/mol. The Bertz CT molecular complexity index is 272. The van der Waals surface area contributed by atoms with E-state index in [4.69, 9.17) is 18.0 Å². The summed E-state index contributed by atoms with van der Waals surface area (Å²) in [5.41, 5.74) is 6.79. The summed E-state index contributed by atoms with van der Waals surface area (Å²) in [6.45, 7) is 3.69. The van der Waals surface area contributed by atoms with Crippen molar-refractivity contribution in [3.8, 4) is 0 Å². The van der Waals surface area contributed by atoms with Crippen LogP contribution in [0.4, 0.5) is 0 Å². The fraction of sp³-hybridized carbons (Fsp3) is 0.300. The number of hydrogen-bond donors (Lipinski definition) is 1. The maximum atomic E-state index is 5.55. The molecular weight excluding hydrogens is 180 g/mol. The van der Waals surface area contributed by atoms with E-state index in [-0.39, 0.29) is 0 Å². The van der Waals surface area contributed by atoms with E-state index in [1.54, 1.807) is 0 Å². The highest BCUT2D eigenvalue weighted by Crippen LogP contribution is 2.03. The van der Waals surface area contributed by atoms with Crippen LogP contribution >= 0.6 is 12.2 Å². The zero-order valence-electron chi connectivity index (χ0n) is 7.73. The fourth-order valence-electron chi connectivity index (χ4n) is 1.15. The van der Waals surface area contributed by atoms with Gasteiger partial charge in [-0.3, -0.25) is 0 Å². The lowest BCUT2D eigenvalue weighted by molar-refractivity contribution is 0.439. The van der Waals surface area contributed by atoms with Gasteiger partial charge in [-0.25, -0.2) is 0 Å². The average molecular weight is 194 g/mol. The lowest BCUT2D eigenvalue weighted by atomic mass is 10.2. The lowest BCUT2D eigenvalue weighted by Gasteiger charge is -2.20. The van der Waals surface area contributed by atoms with Gasteiger partial charge >= 0.3 is 0 Å². The highest BCUT2D eigenvalue weighted by Gasteiger charge is 2.03. The summed E-state index contributed by atoms with van der Waals surface area (Å²) in [6.07, 6.45) is 0. The molecule has 0 saturated carbocycles. The molecule has 1 aromatic rings. The Labute approximate surface area is 84.3 Å². The summed E-state index contributed by atoms with van der Waals surface area (Å²) in [6, 6.07) is 10.2. The van der Waals surface area contributed by atoms with Crippen LogP contribution in [0.5, 0.6) is 0 Å². The molecule has 0 aliphatic heterocycles. The second-order valence-electron chi connectivity index (χ2n) is 2.84. The van der Waals surface area contributed by atoms with Crippen LogP contribution in [0.15, 0.2) is 30.3 Å². The molecule has 0 aromatic heterocycles. The quantitative estimate of drug-likeness (QED) is 0.743. The van der Waals surface area contributed by atoms with Crippen molar-refractivity contribution in [3.05, 3.63) is 35.9 Å². The number of nitrogens with zero attached hydrogens (tertiary/aromatic N) is 1. The summed E-state index contributed by atoms with van der Waals surface area (Å²) >= 11 is 4.92. The Morgan fingerprint density at radius 1 is 1.38 bits per heavy atom. The number of thiocarbonyl (C=S) groups is 1. The van der Waals surface area contributed by atoms with Gasteiger partial charge in [-0.2, -0.15) is 0 Å². The van der Waals surface area contributed by atoms with E-state index in [2.05, 4.69) is 12.1 Å². The molecule has 0 bridgehead atoms. The SMILES string of the molecule is CCN(Cc1ccccc1)C(N)=S. The van der Waals surface area contributed by atoms with Gasteiger partial charge < -0.3 is 10.6 Å². The van der Waals surface area contributed by atoms with Crippen molar-refractivity contribution in [2.24, 2.45) is 5.73 Å². The van der Waals surface area contributed by atoms with Crippen LogP contribution in [0, 0.1) is 0 Å². The van der Waals surface area contributed by atoms with Crippen molar-refractivity contribution >= 4 is 17.3 Å². The van der Waals surface area contributed by atoms with Crippen LogP contribution in [0.3, 0.4) is 0 Å². The maximum Gasteiger partial charge on any atom is 0.166 e. The van der Waals surface area contributed by atoms with Gasteiger partial charge in [0, 0.05) is 13.1 Å². The predicted molar refractivity (Wildman–Crippen MR) is 59.3 cm³/mol. The van der Waals surface area contributed by atoms with Crippen molar-refractivity contribution in [1.82, 2.24) is 4.90 Å². The van der Waals surface area contributed by atoms with Crippen LogP contribution in [-0.4, -0.2) is 16.6 Å². The largest absolute Gasteiger partial charge is 0.376 e. The Hall–Kier alpha value is -1.09. The molecule has 0 aliphatic carbocycles. The van der Waals surface area contributed by atoms with E-state index < -0.39 is 0 Å². The van der Waals surface area contributed by atoms with E-state index in [1.807, 2.05) is 30.0 Å². The second kappa shape index (κ2) is 4.82. The van der Waals surface area contributed by atoms with E-state index in [1.165, 1.54) is 5.56 Å². The van der Waals surface area contributed by atoms with Crippen LogP contribution in [-0.2, 0) is 6.54 Å². The molecule has 0 heterocycles. The molecule has 0 aliphatic rings. The lowest BCUT2D eigenvalue weighted by Crippen LogP contribution is -2.34. The molecule has 0 saturated heterocycles. The Kier molecular flexibility index (Phi) is 3.71. The molecule has 0 atom stereocenters. The molecular formula is C10H14N2S. The van der Waals surface area contributed by atoms with Gasteiger partial charge in [0.2, 0.25) is 0 Å². The summed E-state index contributed by atoms with van der Waals surface area (Å²) in [7, 11) is 0. The zero-order valence-corrected chi connectivity index (χ0v) is 8.55. The Balaban J connectivity index is 2.62. The van der Waals surface area contributed by atoms with Gasteiger partial charge in [-0.1, -0.05) is 30.3 Å². The average Bonchev–Trinajstić information content (AvgIpc) is 2.15. The molecule has 13 heavy (non-hydrogen) atoms. The first-order chi connectivity index (χ1) is 6.24. The molecule has 0 spiro atoms. The van der Waals surface area contributed by atoms with E-state index in [0.717, 1.165) is 13.1 Å². The number of hydrogen-bond acceptors (Lipinski definition) is 1. The highest BCUT2D eigenvalue weighted by molar-refractivity contribution is 7.80. The predicted octanol–water partition coefficient (Wildman–Crippen LogP) is 1.75. The van der Waals surface area contributed by atoms with E-state index in [9.17, 15) is 0 Å². The van der Waals surface area contributed by atoms with Gasteiger partial charge in [0.25, 0.3) is 0 Å². The molecule has 70 valence electrons. The standard InChI is InChI=1S/C10H14N2S/c1-2-12(10(11)13)8-9-6-4-3-5-7-9/h3-7H,2,8H2,1H3,(H2,11,13). The minimum absolute atomic E-state index is 0.464. The van der Waals surface area contributed by atoms with Gasteiger partial charge in [0.1, 0.15) is 0 Å². The first-order valence-corrected chi connectivity index (χ1v) is 4.73. The fourth-order valence-corrected chi connectivity index (χ4v) is 1.34. The second-order valence-corrected chi connectivity index (χ2v) is 3.26. The summed E-state index contributed by atoms with van der Waals surface area (Å²) in [5.74, 6) is 0. The van der Waals surface area contributed by atoms with Crippen LogP contribution in [0.2, 0.25) is 0 Å². The third kappa shape index (κ3) is 3.03. The summed E-state index contributed by atoms with van der Waals surface area (Å²) < 4.78 is 0. The van der Waals surface area contributed by atoms with Crippen molar-refractivity contribution in [3.63, 3.8) is 0 Å². The first-order valence-electron chi connectivity index (χ1n) is 4.32. The number of benzene rings is 1. The molecule has 0 amide bonds. The highest BCUT2D eigenvalue weighted by atomic mass is 32.1. The first kappa shape index (κ1) is 9.99. The molecule has 1 rings (SSSR count).